The van der Waals surface area contributed by atoms with Crippen LogP contribution in [0.15, 0.2) is 52.6 Å². The van der Waals surface area contributed by atoms with Crippen LogP contribution >= 0.6 is 11.8 Å². The van der Waals surface area contributed by atoms with Crippen molar-refractivity contribution >= 4 is 11.8 Å². The van der Waals surface area contributed by atoms with Gasteiger partial charge in [0.2, 0.25) is 0 Å². The average Bonchev–Trinajstić information content (AvgIpc) is 3.18. The minimum absolute atomic E-state index is 0.377. The van der Waals surface area contributed by atoms with Gasteiger partial charge in [0, 0.05) is 11.6 Å². The lowest BCUT2D eigenvalue weighted by Gasteiger charge is -2.25. The van der Waals surface area contributed by atoms with E-state index in [1.165, 1.54) is 31.0 Å². The highest BCUT2D eigenvalue weighted by Crippen LogP contribution is 2.37. The van der Waals surface area contributed by atoms with Gasteiger partial charge in [0.05, 0.1) is 7.11 Å². The molecule has 0 aliphatic heterocycles. The molecule has 0 atom stereocenters. The van der Waals surface area contributed by atoms with Crippen molar-refractivity contribution in [2.24, 2.45) is 0 Å². The highest BCUT2D eigenvalue weighted by atomic mass is 32.2. The largest absolute Gasteiger partial charge is 0.497 e. The molecule has 3 aromatic rings. The summed E-state index contributed by atoms with van der Waals surface area (Å²) in [4.78, 5) is 4.38. The Bertz CT molecular complexity index is 987. The lowest BCUT2D eigenvalue weighted by Crippen LogP contribution is -2.15. The summed E-state index contributed by atoms with van der Waals surface area (Å²) in [7, 11) is 1.66. The molecule has 0 radical (unpaired) electrons. The van der Waals surface area contributed by atoms with Gasteiger partial charge >= 0.3 is 0 Å². The zero-order valence-electron chi connectivity index (χ0n) is 15.7. The first kappa shape index (κ1) is 18.5. The van der Waals surface area contributed by atoms with E-state index in [1.807, 2.05) is 36.4 Å². The average molecular weight is 392 g/mol. The number of rotatable bonds is 5. The molecule has 0 N–H and O–H groups in total. The molecule has 2 heterocycles. The number of hydrogen-bond acceptors (Lipinski definition) is 6. The molecule has 0 saturated heterocycles. The van der Waals surface area contributed by atoms with Crippen LogP contribution in [0.1, 0.15) is 43.8 Å². The predicted molar refractivity (Wildman–Crippen MR) is 107 cm³/mol. The Morgan fingerprint density at radius 1 is 1.07 bits per heavy atom. The van der Waals surface area contributed by atoms with E-state index in [1.54, 1.807) is 13.2 Å². The van der Waals surface area contributed by atoms with Gasteiger partial charge in [-0.15, -0.1) is 10.2 Å². The minimum Gasteiger partial charge on any atom is -0.497 e. The Balaban J connectivity index is 1.73. The highest BCUT2D eigenvalue weighted by Gasteiger charge is 2.24. The van der Waals surface area contributed by atoms with Crippen LogP contribution in [0.4, 0.5) is 0 Å². The molecule has 28 heavy (non-hydrogen) atoms. The second kappa shape index (κ2) is 8.44. The topological polar surface area (TPSA) is 76.6 Å². The minimum atomic E-state index is 0.377. The van der Waals surface area contributed by atoms with E-state index in [0.29, 0.717) is 11.7 Å². The Hall–Kier alpha value is -2.85. The van der Waals surface area contributed by atoms with Crippen LogP contribution in [-0.4, -0.2) is 26.9 Å². The molecule has 2 aromatic heterocycles. The van der Waals surface area contributed by atoms with Crippen LogP contribution in [0.25, 0.3) is 11.4 Å². The van der Waals surface area contributed by atoms with Crippen molar-refractivity contribution in [1.29, 1.82) is 5.26 Å². The summed E-state index contributed by atoms with van der Waals surface area (Å²) in [6, 6.07) is 15.9. The summed E-state index contributed by atoms with van der Waals surface area (Å²) in [6.45, 7) is 0. The molecule has 0 spiro atoms. The van der Waals surface area contributed by atoms with Crippen molar-refractivity contribution in [3.05, 3.63) is 48.2 Å². The summed E-state index contributed by atoms with van der Waals surface area (Å²) in [5.74, 6) is 1.69. The van der Waals surface area contributed by atoms with E-state index in [2.05, 4.69) is 25.8 Å². The molecular weight excluding hydrogens is 370 g/mol. The van der Waals surface area contributed by atoms with E-state index in [0.717, 1.165) is 40.2 Å². The summed E-state index contributed by atoms with van der Waals surface area (Å²) in [5.41, 5.74) is 1.42. The monoisotopic (exact) mass is 391 g/mol. The van der Waals surface area contributed by atoms with Gasteiger partial charge in [-0.2, -0.15) is 5.26 Å². The molecule has 1 aromatic carbocycles. The third-order valence-corrected chi connectivity index (χ3v) is 5.88. The van der Waals surface area contributed by atoms with Gasteiger partial charge in [0.15, 0.2) is 11.0 Å². The van der Waals surface area contributed by atoms with E-state index >= 15 is 0 Å². The first-order valence-electron chi connectivity index (χ1n) is 9.43. The second-order valence-electron chi connectivity index (χ2n) is 6.77. The quantitative estimate of drug-likeness (QED) is 0.617. The van der Waals surface area contributed by atoms with Crippen molar-refractivity contribution in [2.45, 2.75) is 48.3 Å². The SMILES string of the molecule is COc1ccc(-c2nnc(Sc3cccc(C#N)n3)n2C2CCCCC2)cc1. The van der Waals surface area contributed by atoms with Crippen molar-refractivity contribution in [3.63, 3.8) is 0 Å². The summed E-state index contributed by atoms with van der Waals surface area (Å²) >= 11 is 1.46. The Kier molecular flexibility index (Phi) is 5.58. The van der Waals surface area contributed by atoms with E-state index in [4.69, 9.17) is 10.00 Å². The molecule has 1 saturated carbocycles. The third-order valence-electron chi connectivity index (χ3n) is 4.99. The number of ether oxygens (including phenoxy) is 1. The fourth-order valence-electron chi connectivity index (χ4n) is 3.58. The number of nitrogens with zero attached hydrogens (tertiary/aromatic N) is 5. The zero-order chi connectivity index (χ0) is 19.3. The maximum Gasteiger partial charge on any atom is 0.198 e. The summed E-state index contributed by atoms with van der Waals surface area (Å²) in [5, 5.41) is 19.7. The van der Waals surface area contributed by atoms with Gasteiger partial charge in [-0.1, -0.05) is 25.3 Å². The first-order chi connectivity index (χ1) is 13.8. The first-order valence-corrected chi connectivity index (χ1v) is 10.2. The molecule has 142 valence electrons. The lowest BCUT2D eigenvalue weighted by atomic mass is 9.95. The number of nitriles is 1. The molecule has 0 unspecified atom stereocenters. The number of hydrogen-bond donors (Lipinski definition) is 0. The molecule has 7 heteroatoms. The summed E-state index contributed by atoms with van der Waals surface area (Å²) in [6.07, 6.45) is 5.97. The molecule has 1 aliphatic rings. The van der Waals surface area contributed by atoms with Crippen molar-refractivity contribution in [3.8, 4) is 23.2 Å². The van der Waals surface area contributed by atoms with Gasteiger partial charge in [-0.3, -0.25) is 4.57 Å². The molecular formula is C21H21N5OS. The fraction of sp³-hybridized carbons (Fsp3) is 0.333. The van der Waals surface area contributed by atoms with Crippen molar-refractivity contribution in [2.75, 3.05) is 7.11 Å². The normalized spacial score (nSPS) is 14.6. The molecule has 0 amide bonds. The van der Waals surface area contributed by atoms with Gasteiger partial charge in [-0.25, -0.2) is 4.98 Å². The molecule has 0 bridgehead atoms. The number of aromatic nitrogens is 4. The van der Waals surface area contributed by atoms with Crippen molar-refractivity contribution < 1.29 is 4.74 Å². The molecule has 1 fully saturated rings. The van der Waals surface area contributed by atoms with Gasteiger partial charge in [0.25, 0.3) is 0 Å². The van der Waals surface area contributed by atoms with Gasteiger partial charge in [0.1, 0.15) is 22.5 Å². The van der Waals surface area contributed by atoms with Crippen LogP contribution in [-0.2, 0) is 0 Å². The van der Waals surface area contributed by atoms with E-state index < -0.39 is 0 Å². The Morgan fingerprint density at radius 3 is 2.57 bits per heavy atom. The lowest BCUT2D eigenvalue weighted by molar-refractivity contribution is 0.339. The fourth-order valence-corrected chi connectivity index (χ4v) is 4.47. The Morgan fingerprint density at radius 2 is 1.86 bits per heavy atom. The smallest absolute Gasteiger partial charge is 0.198 e. The summed E-state index contributed by atoms with van der Waals surface area (Å²) < 4.78 is 7.53. The second-order valence-corrected chi connectivity index (χ2v) is 7.76. The zero-order valence-corrected chi connectivity index (χ0v) is 16.5. The standard InChI is InChI=1S/C21H21N5OS/c1-27-18-12-10-15(11-13-18)20-24-25-21(26(20)17-7-3-2-4-8-17)28-19-9-5-6-16(14-22)23-19/h5-6,9-13,17H,2-4,7-8H2,1H3. The number of methoxy groups -OCH3 is 1. The Labute approximate surface area is 168 Å². The van der Waals surface area contributed by atoms with Gasteiger partial charge < -0.3 is 4.74 Å². The van der Waals surface area contributed by atoms with E-state index in [-0.39, 0.29) is 0 Å². The van der Waals surface area contributed by atoms with Crippen molar-refractivity contribution in [1.82, 2.24) is 19.7 Å². The van der Waals surface area contributed by atoms with E-state index in [9.17, 15) is 0 Å². The van der Waals surface area contributed by atoms with Crippen LogP contribution in [0.5, 0.6) is 5.75 Å². The van der Waals surface area contributed by atoms with Gasteiger partial charge in [-0.05, 0) is 61.0 Å². The molecule has 6 nitrogen and oxygen atoms in total. The number of pyridine rings is 1. The van der Waals surface area contributed by atoms with Crippen LogP contribution in [0.3, 0.4) is 0 Å². The van der Waals surface area contributed by atoms with Crippen LogP contribution in [0, 0.1) is 11.3 Å². The molecule has 1 aliphatic carbocycles. The number of benzene rings is 1. The third kappa shape index (κ3) is 3.87. The van der Waals surface area contributed by atoms with Crippen LogP contribution in [0.2, 0.25) is 0 Å². The van der Waals surface area contributed by atoms with Crippen LogP contribution < -0.4 is 4.74 Å². The predicted octanol–water partition coefficient (Wildman–Crippen LogP) is 4.88. The highest BCUT2D eigenvalue weighted by molar-refractivity contribution is 7.99. The molecule has 4 rings (SSSR count). The maximum atomic E-state index is 9.12. The maximum absolute atomic E-state index is 9.12.